The van der Waals surface area contributed by atoms with Gasteiger partial charge in [0, 0.05) is 5.92 Å². The fourth-order valence-electron chi connectivity index (χ4n) is 1.65. The SMILES string of the molecule is Cc1ccc(C(=O)C2CC2C#N)c(F)c1. The molecule has 2 atom stereocenters. The maximum absolute atomic E-state index is 13.4. The third-order valence-corrected chi connectivity index (χ3v) is 2.68. The second kappa shape index (κ2) is 3.47. The van der Waals surface area contributed by atoms with Gasteiger partial charge in [0.25, 0.3) is 0 Å². The van der Waals surface area contributed by atoms with E-state index >= 15 is 0 Å². The molecule has 0 aliphatic heterocycles. The number of Topliss-reactive ketones (excluding diaryl/α,β-unsaturated/α-hetero) is 1. The summed E-state index contributed by atoms with van der Waals surface area (Å²) in [5, 5.41) is 8.59. The van der Waals surface area contributed by atoms with E-state index in [1.54, 1.807) is 13.0 Å². The highest BCUT2D eigenvalue weighted by atomic mass is 19.1. The molecule has 0 N–H and O–H groups in total. The first-order valence-corrected chi connectivity index (χ1v) is 4.83. The molecule has 0 saturated heterocycles. The zero-order chi connectivity index (χ0) is 11.0. The first kappa shape index (κ1) is 9.85. The van der Waals surface area contributed by atoms with Crippen LogP contribution in [0, 0.1) is 35.9 Å². The molecule has 0 spiro atoms. The number of nitriles is 1. The van der Waals surface area contributed by atoms with Crippen LogP contribution >= 0.6 is 0 Å². The topological polar surface area (TPSA) is 40.9 Å². The molecule has 1 aromatic rings. The maximum atomic E-state index is 13.4. The van der Waals surface area contributed by atoms with Crippen molar-refractivity contribution in [2.45, 2.75) is 13.3 Å². The molecule has 2 nitrogen and oxygen atoms in total. The number of aryl methyl sites for hydroxylation is 1. The van der Waals surface area contributed by atoms with Crippen molar-refractivity contribution in [1.29, 1.82) is 5.26 Å². The van der Waals surface area contributed by atoms with Crippen LogP contribution in [0.2, 0.25) is 0 Å². The minimum Gasteiger partial charge on any atom is -0.294 e. The van der Waals surface area contributed by atoms with E-state index in [0.29, 0.717) is 6.42 Å². The molecule has 0 heterocycles. The molecule has 0 radical (unpaired) electrons. The van der Waals surface area contributed by atoms with Crippen LogP contribution in [-0.4, -0.2) is 5.78 Å². The average molecular weight is 203 g/mol. The minimum atomic E-state index is -0.483. The molecule has 15 heavy (non-hydrogen) atoms. The van der Waals surface area contributed by atoms with Gasteiger partial charge in [-0.25, -0.2) is 4.39 Å². The highest BCUT2D eigenvalue weighted by Gasteiger charge is 2.44. The number of rotatable bonds is 2. The predicted molar refractivity (Wildman–Crippen MR) is 52.7 cm³/mol. The van der Waals surface area contributed by atoms with E-state index < -0.39 is 5.82 Å². The number of carbonyl (C=O) groups excluding carboxylic acids is 1. The summed E-state index contributed by atoms with van der Waals surface area (Å²) in [6.07, 6.45) is 0.572. The Balaban J connectivity index is 2.24. The van der Waals surface area contributed by atoms with Gasteiger partial charge >= 0.3 is 0 Å². The minimum absolute atomic E-state index is 0.114. The Morgan fingerprint density at radius 1 is 1.60 bits per heavy atom. The Morgan fingerprint density at radius 2 is 2.33 bits per heavy atom. The molecule has 0 aromatic heterocycles. The van der Waals surface area contributed by atoms with E-state index in [0.717, 1.165) is 5.56 Å². The lowest BCUT2D eigenvalue weighted by Crippen LogP contribution is -2.06. The maximum Gasteiger partial charge on any atom is 0.170 e. The molecule has 3 heteroatoms. The Hall–Kier alpha value is -1.69. The number of ketones is 1. The van der Waals surface area contributed by atoms with Crippen molar-refractivity contribution in [2.24, 2.45) is 11.8 Å². The normalized spacial score (nSPS) is 23.3. The Bertz CT molecular complexity index is 461. The summed E-state index contributed by atoms with van der Waals surface area (Å²) in [5.74, 6) is -1.21. The van der Waals surface area contributed by atoms with E-state index in [1.807, 2.05) is 6.07 Å². The first-order chi connectivity index (χ1) is 7.13. The summed E-state index contributed by atoms with van der Waals surface area (Å²) < 4.78 is 13.4. The summed E-state index contributed by atoms with van der Waals surface area (Å²) in [5.41, 5.74) is 0.903. The fourth-order valence-corrected chi connectivity index (χ4v) is 1.65. The van der Waals surface area contributed by atoms with Crippen molar-refractivity contribution < 1.29 is 9.18 Å². The molecular formula is C12H10FNO. The second-order valence-corrected chi connectivity index (χ2v) is 3.93. The average Bonchev–Trinajstić information content (AvgIpc) is 2.95. The molecule has 1 saturated carbocycles. The van der Waals surface area contributed by atoms with Crippen LogP contribution in [0.25, 0.3) is 0 Å². The summed E-state index contributed by atoms with van der Waals surface area (Å²) in [7, 11) is 0. The van der Waals surface area contributed by atoms with Crippen molar-refractivity contribution in [3.05, 3.63) is 35.1 Å². The molecule has 0 amide bonds. The summed E-state index contributed by atoms with van der Waals surface area (Å²) in [6.45, 7) is 1.77. The van der Waals surface area contributed by atoms with Gasteiger partial charge in [-0.2, -0.15) is 5.26 Å². The standard InChI is InChI=1S/C12H10FNO/c1-7-2-3-9(11(13)4-7)12(15)10-5-8(10)6-14/h2-4,8,10H,5H2,1H3. The lowest BCUT2D eigenvalue weighted by molar-refractivity contribution is 0.0960. The predicted octanol–water partition coefficient (Wildman–Crippen LogP) is 2.48. The van der Waals surface area contributed by atoms with Crippen LogP contribution in [0.4, 0.5) is 4.39 Å². The Morgan fingerprint density at radius 3 is 2.87 bits per heavy atom. The Labute approximate surface area is 87.3 Å². The second-order valence-electron chi connectivity index (χ2n) is 3.93. The zero-order valence-electron chi connectivity index (χ0n) is 8.33. The third kappa shape index (κ3) is 1.75. The van der Waals surface area contributed by atoms with Crippen molar-refractivity contribution in [2.75, 3.05) is 0 Å². The molecule has 1 aliphatic carbocycles. The number of benzene rings is 1. The van der Waals surface area contributed by atoms with Crippen molar-refractivity contribution in [3.8, 4) is 6.07 Å². The molecule has 0 bridgehead atoms. The van der Waals surface area contributed by atoms with Crippen LogP contribution in [0.5, 0.6) is 0 Å². The molecule has 1 aromatic carbocycles. The van der Waals surface area contributed by atoms with Gasteiger partial charge in [-0.05, 0) is 31.0 Å². The highest BCUT2D eigenvalue weighted by Crippen LogP contribution is 2.40. The Kier molecular flexibility index (Phi) is 2.28. The van der Waals surface area contributed by atoms with Crippen molar-refractivity contribution in [1.82, 2.24) is 0 Å². The lowest BCUT2D eigenvalue weighted by Gasteiger charge is -2.01. The van der Waals surface area contributed by atoms with Crippen LogP contribution in [0.1, 0.15) is 22.3 Å². The van der Waals surface area contributed by atoms with E-state index in [4.69, 9.17) is 5.26 Å². The van der Waals surface area contributed by atoms with Gasteiger partial charge in [-0.1, -0.05) is 6.07 Å². The van der Waals surface area contributed by atoms with Gasteiger partial charge in [0.15, 0.2) is 5.78 Å². The zero-order valence-corrected chi connectivity index (χ0v) is 8.33. The number of carbonyl (C=O) groups is 1. The van der Waals surface area contributed by atoms with Crippen LogP contribution < -0.4 is 0 Å². The summed E-state index contributed by atoms with van der Waals surface area (Å²) in [6, 6.07) is 6.58. The third-order valence-electron chi connectivity index (χ3n) is 2.68. The monoisotopic (exact) mass is 203 g/mol. The highest BCUT2D eigenvalue weighted by molar-refractivity contribution is 6.00. The molecular weight excluding hydrogens is 193 g/mol. The number of nitrogens with zero attached hydrogens (tertiary/aromatic N) is 1. The van der Waals surface area contributed by atoms with E-state index in [1.165, 1.54) is 12.1 Å². The summed E-state index contributed by atoms with van der Waals surface area (Å²) >= 11 is 0. The van der Waals surface area contributed by atoms with Crippen LogP contribution in [0.3, 0.4) is 0 Å². The first-order valence-electron chi connectivity index (χ1n) is 4.83. The van der Waals surface area contributed by atoms with E-state index in [9.17, 15) is 9.18 Å². The van der Waals surface area contributed by atoms with Crippen LogP contribution in [0.15, 0.2) is 18.2 Å². The number of hydrogen-bond acceptors (Lipinski definition) is 2. The van der Waals surface area contributed by atoms with Gasteiger partial charge in [-0.15, -0.1) is 0 Å². The number of halogens is 1. The van der Waals surface area contributed by atoms with Gasteiger partial charge in [0.05, 0.1) is 17.6 Å². The van der Waals surface area contributed by atoms with Crippen LogP contribution in [-0.2, 0) is 0 Å². The fraction of sp³-hybridized carbons (Fsp3) is 0.333. The smallest absolute Gasteiger partial charge is 0.170 e. The van der Waals surface area contributed by atoms with E-state index in [2.05, 4.69) is 0 Å². The molecule has 1 fully saturated rings. The molecule has 1 aliphatic rings. The van der Waals surface area contributed by atoms with Crippen molar-refractivity contribution >= 4 is 5.78 Å². The quantitative estimate of drug-likeness (QED) is 0.693. The van der Waals surface area contributed by atoms with Gasteiger partial charge in [0.2, 0.25) is 0 Å². The molecule has 76 valence electrons. The lowest BCUT2D eigenvalue weighted by atomic mass is 10.0. The van der Waals surface area contributed by atoms with Gasteiger partial charge < -0.3 is 0 Å². The number of hydrogen-bond donors (Lipinski definition) is 0. The molecule has 2 unspecified atom stereocenters. The largest absolute Gasteiger partial charge is 0.294 e. The van der Waals surface area contributed by atoms with E-state index in [-0.39, 0.29) is 23.2 Å². The summed E-state index contributed by atoms with van der Waals surface area (Å²) in [4.78, 5) is 11.7. The molecule has 2 rings (SSSR count). The van der Waals surface area contributed by atoms with Gasteiger partial charge in [0.1, 0.15) is 5.82 Å². The van der Waals surface area contributed by atoms with Crippen molar-refractivity contribution in [3.63, 3.8) is 0 Å². The van der Waals surface area contributed by atoms with Gasteiger partial charge in [-0.3, -0.25) is 4.79 Å².